The van der Waals surface area contributed by atoms with E-state index in [-0.39, 0.29) is 0 Å². The zero-order chi connectivity index (χ0) is 14.8. The van der Waals surface area contributed by atoms with Gasteiger partial charge in [-0.05, 0) is 35.4 Å². The van der Waals surface area contributed by atoms with Gasteiger partial charge in [0.15, 0.2) is 5.82 Å². The van der Waals surface area contributed by atoms with Gasteiger partial charge in [-0.25, -0.2) is 9.97 Å². The molecule has 112 valence electrons. The highest BCUT2D eigenvalue weighted by molar-refractivity contribution is 14.1. The number of halogens is 2. The highest BCUT2D eigenvalue weighted by Gasteiger charge is 2.39. The van der Waals surface area contributed by atoms with Crippen molar-refractivity contribution in [3.8, 4) is 0 Å². The Bertz CT molecular complexity index is 471. The van der Waals surface area contributed by atoms with E-state index in [0.717, 1.165) is 22.1 Å². The van der Waals surface area contributed by atoms with Gasteiger partial charge in [-0.15, -0.1) is 0 Å². The minimum Gasteiger partial charge on any atom is -0.381 e. The molecule has 1 fully saturated rings. The summed E-state index contributed by atoms with van der Waals surface area (Å²) in [5.74, 6) is 1.01. The molecule has 0 aliphatic carbocycles. The smallest absolute Gasteiger partial charge is 0.162 e. The second kappa shape index (κ2) is 6.85. The molecule has 1 aliphatic heterocycles. The molecule has 0 N–H and O–H groups in total. The molecule has 1 aromatic rings. The molecule has 20 heavy (non-hydrogen) atoms. The van der Waals surface area contributed by atoms with E-state index < -0.39 is 5.60 Å². The first-order valence-corrected chi connectivity index (χ1v) is 8.41. The summed E-state index contributed by atoms with van der Waals surface area (Å²) in [7, 11) is 0. The molecule has 0 amide bonds. The maximum Gasteiger partial charge on any atom is 0.162 e. The molecule has 2 rings (SSSR count). The van der Waals surface area contributed by atoms with Crippen LogP contribution in [0.25, 0.3) is 0 Å². The lowest BCUT2D eigenvalue weighted by Crippen LogP contribution is -2.38. The van der Waals surface area contributed by atoms with Crippen LogP contribution in [0.2, 0.25) is 5.15 Å². The topological polar surface area (TPSA) is 44.2 Å². The van der Waals surface area contributed by atoms with Crippen LogP contribution < -0.4 is 0 Å². The Morgan fingerprint density at radius 1 is 1.35 bits per heavy atom. The van der Waals surface area contributed by atoms with Crippen molar-refractivity contribution in [2.24, 2.45) is 0 Å². The Morgan fingerprint density at radius 2 is 2.00 bits per heavy atom. The quantitative estimate of drug-likeness (QED) is 0.558. The second-order valence-corrected chi connectivity index (χ2v) is 6.67. The predicted octanol–water partition coefficient (Wildman–Crippen LogP) is 3.90. The fourth-order valence-electron chi connectivity index (χ4n) is 2.43. The summed E-state index contributed by atoms with van der Waals surface area (Å²) in [4.78, 5) is 9.26. The van der Waals surface area contributed by atoms with E-state index in [4.69, 9.17) is 26.1 Å². The van der Waals surface area contributed by atoms with Crippen LogP contribution in [0.1, 0.15) is 51.0 Å². The molecule has 4 nitrogen and oxygen atoms in total. The molecule has 0 spiro atoms. The molecular formula is C14H20ClIN2O2. The summed E-state index contributed by atoms with van der Waals surface area (Å²) in [6, 6.07) is 0. The van der Waals surface area contributed by atoms with Crippen molar-refractivity contribution in [2.75, 3.05) is 19.8 Å². The standard InChI is InChI=1S/C14H20ClIN2O2/c1-4-20-14(5-7-19-8-6-14)13-17-11(9(2)3)10(16)12(15)18-13/h9H,4-8H2,1-3H3. The lowest BCUT2D eigenvalue weighted by molar-refractivity contribution is -0.118. The normalized spacial score (nSPS) is 18.5. The third kappa shape index (κ3) is 3.26. The molecule has 2 heterocycles. The summed E-state index contributed by atoms with van der Waals surface area (Å²) < 4.78 is 12.4. The average molecular weight is 411 g/mol. The van der Waals surface area contributed by atoms with Crippen LogP contribution in [0.3, 0.4) is 0 Å². The monoisotopic (exact) mass is 410 g/mol. The maximum atomic E-state index is 6.30. The first-order chi connectivity index (χ1) is 9.50. The first-order valence-electron chi connectivity index (χ1n) is 6.95. The van der Waals surface area contributed by atoms with E-state index in [1.807, 2.05) is 6.92 Å². The van der Waals surface area contributed by atoms with Gasteiger partial charge in [0.05, 0.1) is 9.26 Å². The highest BCUT2D eigenvalue weighted by atomic mass is 127. The van der Waals surface area contributed by atoms with E-state index in [9.17, 15) is 0 Å². The molecule has 1 aliphatic rings. The SMILES string of the molecule is CCOC1(c2nc(Cl)c(I)c(C(C)C)n2)CCOCC1. The van der Waals surface area contributed by atoms with Crippen LogP contribution in [0.5, 0.6) is 0 Å². The summed E-state index contributed by atoms with van der Waals surface area (Å²) >= 11 is 8.51. The van der Waals surface area contributed by atoms with Gasteiger partial charge >= 0.3 is 0 Å². The Kier molecular flexibility index (Phi) is 5.62. The molecule has 0 aromatic carbocycles. The van der Waals surface area contributed by atoms with Crippen LogP contribution in [-0.2, 0) is 15.1 Å². The van der Waals surface area contributed by atoms with Gasteiger partial charge in [0.25, 0.3) is 0 Å². The van der Waals surface area contributed by atoms with Gasteiger partial charge in [0.2, 0.25) is 0 Å². The molecule has 0 atom stereocenters. The van der Waals surface area contributed by atoms with Crippen LogP contribution in [-0.4, -0.2) is 29.8 Å². The summed E-state index contributed by atoms with van der Waals surface area (Å²) in [6.07, 6.45) is 1.55. The van der Waals surface area contributed by atoms with Gasteiger partial charge in [-0.1, -0.05) is 25.4 Å². The zero-order valence-corrected chi connectivity index (χ0v) is 15.0. The van der Waals surface area contributed by atoms with E-state index in [1.54, 1.807) is 0 Å². The number of ether oxygens (including phenoxy) is 2. The third-order valence-corrected chi connectivity index (χ3v) is 5.17. The predicted molar refractivity (Wildman–Crippen MR) is 87.2 cm³/mol. The molecule has 1 saturated heterocycles. The molecule has 0 bridgehead atoms. The van der Waals surface area contributed by atoms with Crippen molar-refractivity contribution >= 4 is 34.2 Å². The maximum absolute atomic E-state index is 6.30. The van der Waals surface area contributed by atoms with Crippen LogP contribution >= 0.6 is 34.2 Å². The number of hydrogen-bond donors (Lipinski definition) is 0. The molecular weight excluding hydrogens is 391 g/mol. The van der Waals surface area contributed by atoms with Crippen molar-refractivity contribution in [1.82, 2.24) is 9.97 Å². The van der Waals surface area contributed by atoms with Crippen molar-refractivity contribution < 1.29 is 9.47 Å². The van der Waals surface area contributed by atoms with Crippen molar-refractivity contribution in [3.63, 3.8) is 0 Å². The number of hydrogen-bond acceptors (Lipinski definition) is 4. The van der Waals surface area contributed by atoms with Gasteiger partial charge in [0.1, 0.15) is 10.8 Å². The minimum atomic E-state index is -0.454. The largest absolute Gasteiger partial charge is 0.381 e. The van der Waals surface area contributed by atoms with E-state index in [1.165, 1.54) is 0 Å². The fraction of sp³-hybridized carbons (Fsp3) is 0.714. The van der Waals surface area contributed by atoms with Gasteiger partial charge < -0.3 is 9.47 Å². The van der Waals surface area contributed by atoms with Crippen LogP contribution in [0.15, 0.2) is 0 Å². The Balaban J connectivity index is 2.48. The highest BCUT2D eigenvalue weighted by Crippen LogP contribution is 2.36. The Hall–Kier alpha value is 0.0200. The van der Waals surface area contributed by atoms with Crippen LogP contribution in [0.4, 0.5) is 0 Å². The second-order valence-electron chi connectivity index (χ2n) is 5.23. The van der Waals surface area contributed by atoms with Crippen LogP contribution in [0, 0.1) is 3.57 Å². The van der Waals surface area contributed by atoms with E-state index >= 15 is 0 Å². The molecule has 0 saturated carbocycles. The molecule has 1 aromatic heterocycles. The van der Waals surface area contributed by atoms with Crippen molar-refractivity contribution in [1.29, 1.82) is 0 Å². The fourth-order valence-corrected chi connectivity index (χ4v) is 3.47. The molecule has 0 unspecified atom stereocenters. The van der Waals surface area contributed by atoms with E-state index in [2.05, 4.69) is 41.4 Å². The summed E-state index contributed by atoms with van der Waals surface area (Å²) in [5, 5.41) is 0.518. The first kappa shape index (κ1) is 16.4. The van der Waals surface area contributed by atoms with Crippen molar-refractivity contribution in [2.45, 2.75) is 45.1 Å². The van der Waals surface area contributed by atoms with Gasteiger partial charge in [0, 0.05) is 32.7 Å². The third-order valence-electron chi connectivity index (χ3n) is 3.51. The summed E-state index contributed by atoms with van der Waals surface area (Å²) in [6.45, 7) is 8.19. The average Bonchev–Trinajstić information content (AvgIpc) is 2.42. The Morgan fingerprint density at radius 3 is 2.55 bits per heavy atom. The Labute approximate surface area is 138 Å². The molecule has 6 heteroatoms. The van der Waals surface area contributed by atoms with Gasteiger partial charge in [-0.3, -0.25) is 0 Å². The van der Waals surface area contributed by atoms with E-state index in [0.29, 0.717) is 36.7 Å². The lowest BCUT2D eigenvalue weighted by atomic mass is 9.92. The minimum absolute atomic E-state index is 0.305. The zero-order valence-electron chi connectivity index (χ0n) is 12.1. The van der Waals surface area contributed by atoms with Crippen molar-refractivity contribution in [3.05, 3.63) is 20.2 Å². The van der Waals surface area contributed by atoms with Gasteiger partial charge in [-0.2, -0.15) is 0 Å². The number of rotatable bonds is 4. The molecule has 0 radical (unpaired) electrons. The summed E-state index contributed by atoms with van der Waals surface area (Å²) in [5.41, 5.74) is 0.538. The number of nitrogens with zero attached hydrogens (tertiary/aromatic N) is 2. The number of aromatic nitrogens is 2. The lowest BCUT2D eigenvalue weighted by Gasteiger charge is -2.35.